The predicted octanol–water partition coefficient (Wildman–Crippen LogP) is 3.62. The highest BCUT2D eigenvalue weighted by Gasteiger charge is 2.31. The summed E-state index contributed by atoms with van der Waals surface area (Å²) in [6.45, 7) is 0.514. The SMILES string of the molecule is CCCCC(NC(=O)C(=O)Nc1cccc2ccccc12)C(=O)N[C@@H](CC(=O)O)C(=O)COc1c(F)c(F)cc(F)c1F. The van der Waals surface area contributed by atoms with Gasteiger partial charge in [0.05, 0.1) is 6.42 Å². The van der Waals surface area contributed by atoms with Crippen molar-refractivity contribution in [2.75, 3.05) is 11.9 Å². The number of carboxylic acid groups (broad SMARTS) is 1. The lowest BCUT2D eigenvalue weighted by Gasteiger charge is -2.22. The van der Waals surface area contributed by atoms with Crippen LogP contribution < -0.4 is 20.7 Å². The average Bonchev–Trinajstić information content (AvgIpc) is 2.97. The second-order valence-corrected chi connectivity index (χ2v) is 9.36. The third-order valence-corrected chi connectivity index (χ3v) is 6.23. The molecule has 0 bridgehead atoms. The van der Waals surface area contributed by atoms with Gasteiger partial charge in [0.15, 0.2) is 23.2 Å². The van der Waals surface area contributed by atoms with Crippen LogP contribution in [-0.2, 0) is 24.0 Å². The molecule has 3 amide bonds. The minimum absolute atomic E-state index is 0.000898. The van der Waals surface area contributed by atoms with Crippen molar-refractivity contribution in [2.45, 2.75) is 44.7 Å². The van der Waals surface area contributed by atoms with Gasteiger partial charge < -0.3 is 25.8 Å². The Morgan fingerprint density at radius 3 is 2.16 bits per heavy atom. The Bertz CT molecular complexity index is 1520. The lowest BCUT2D eigenvalue weighted by molar-refractivity contribution is -0.141. The number of ketones is 1. The van der Waals surface area contributed by atoms with E-state index in [9.17, 15) is 46.6 Å². The molecule has 0 radical (unpaired) electrons. The van der Waals surface area contributed by atoms with Gasteiger partial charge in [0, 0.05) is 17.1 Å². The van der Waals surface area contributed by atoms with Crippen LogP contribution in [0, 0.1) is 23.3 Å². The number of ether oxygens (including phenoxy) is 1. The van der Waals surface area contributed by atoms with Crippen LogP contribution in [0.4, 0.5) is 23.2 Å². The lowest BCUT2D eigenvalue weighted by Crippen LogP contribution is -2.54. The zero-order valence-electron chi connectivity index (χ0n) is 22.7. The summed E-state index contributed by atoms with van der Waals surface area (Å²) in [5, 5.41) is 17.5. The fourth-order valence-electron chi connectivity index (χ4n) is 4.03. The number of fused-ring (bicyclic) bond motifs is 1. The van der Waals surface area contributed by atoms with Crippen molar-refractivity contribution in [3.63, 3.8) is 0 Å². The highest BCUT2D eigenvalue weighted by Crippen LogP contribution is 2.26. The van der Waals surface area contributed by atoms with Crippen molar-refractivity contribution >= 4 is 45.9 Å². The van der Waals surface area contributed by atoms with Crippen molar-refractivity contribution in [3.05, 3.63) is 71.8 Å². The Labute approximate surface area is 242 Å². The molecule has 3 aromatic carbocycles. The topological polar surface area (TPSA) is 151 Å². The highest BCUT2D eigenvalue weighted by atomic mass is 19.2. The number of aliphatic carboxylic acids is 1. The van der Waals surface area contributed by atoms with Crippen molar-refractivity contribution < 1.29 is 51.4 Å². The maximum Gasteiger partial charge on any atom is 0.313 e. The molecule has 0 saturated carbocycles. The molecule has 0 aliphatic heterocycles. The van der Waals surface area contributed by atoms with Gasteiger partial charge in [0.25, 0.3) is 0 Å². The number of hydrogen-bond donors (Lipinski definition) is 4. The second-order valence-electron chi connectivity index (χ2n) is 9.36. The standard InChI is InChI=1S/C29H27F4N3O7/c1-2-3-10-20(35-29(42)28(41)34-19-11-6-8-15-7-4-5-9-16(15)19)27(40)36-21(13-23(38)39)22(37)14-43-26-24(32)17(30)12-18(31)25(26)33/h4-9,11-12,20-21H,2-3,10,13-14H2,1H3,(H,34,41)(H,35,42)(H,36,40)(H,38,39)/t20?,21-/m0/s1. The van der Waals surface area contributed by atoms with Crippen molar-refractivity contribution in [1.82, 2.24) is 10.6 Å². The smallest absolute Gasteiger partial charge is 0.313 e. The van der Waals surface area contributed by atoms with Crippen LogP contribution in [0.5, 0.6) is 5.75 Å². The molecule has 0 heterocycles. The number of carbonyl (C=O) groups is 5. The number of unbranched alkanes of at least 4 members (excludes halogenated alkanes) is 1. The van der Waals surface area contributed by atoms with E-state index in [0.29, 0.717) is 23.9 Å². The number of halogens is 4. The fourth-order valence-corrected chi connectivity index (χ4v) is 4.03. The highest BCUT2D eigenvalue weighted by molar-refractivity contribution is 6.40. The molecule has 0 fully saturated rings. The lowest BCUT2D eigenvalue weighted by atomic mass is 10.1. The van der Waals surface area contributed by atoms with Crippen LogP contribution in [0.25, 0.3) is 10.8 Å². The summed E-state index contributed by atoms with van der Waals surface area (Å²) >= 11 is 0. The summed E-state index contributed by atoms with van der Waals surface area (Å²) in [5.41, 5.74) is 0.339. The molecule has 4 N–H and O–H groups in total. The van der Waals surface area contributed by atoms with E-state index in [0.717, 1.165) is 5.39 Å². The monoisotopic (exact) mass is 605 g/mol. The third kappa shape index (κ3) is 8.50. The quantitative estimate of drug-likeness (QED) is 0.132. The van der Waals surface area contributed by atoms with E-state index in [4.69, 9.17) is 0 Å². The molecule has 0 aliphatic rings. The molecular formula is C29H27F4N3O7. The number of carboxylic acids is 1. The van der Waals surface area contributed by atoms with Gasteiger partial charge in [0.1, 0.15) is 18.7 Å². The maximum absolute atomic E-state index is 13.9. The molecule has 2 atom stereocenters. The average molecular weight is 606 g/mol. The molecule has 228 valence electrons. The van der Waals surface area contributed by atoms with Crippen molar-refractivity contribution in [2.24, 2.45) is 0 Å². The molecule has 43 heavy (non-hydrogen) atoms. The summed E-state index contributed by atoms with van der Waals surface area (Å²) in [6.07, 6.45) is -0.0618. The van der Waals surface area contributed by atoms with E-state index in [-0.39, 0.29) is 12.5 Å². The van der Waals surface area contributed by atoms with Gasteiger partial charge >= 0.3 is 17.8 Å². The van der Waals surface area contributed by atoms with Crippen LogP contribution in [0.2, 0.25) is 0 Å². The van der Waals surface area contributed by atoms with E-state index in [1.807, 2.05) is 0 Å². The van der Waals surface area contributed by atoms with E-state index in [1.165, 1.54) is 0 Å². The van der Waals surface area contributed by atoms with Gasteiger partial charge in [-0.2, -0.15) is 8.78 Å². The first-order valence-corrected chi connectivity index (χ1v) is 13.0. The van der Waals surface area contributed by atoms with Crippen LogP contribution in [0.1, 0.15) is 32.6 Å². The van der Waals surface area contributed by atoms with Crippen molar-refractivity contribution in [1.29, 1.82) is 0 Å². The van der Waals surface area contributed by atoms with Crippen molar-refractivity contribution in [3.8, 4) is 5.75 Å². The summed E-state index contributed by atoms with van der Waals surface area (Å²) in [7, 11) is 0. The van der Waals surface area contributed by atoms with Gasteiger partial charge in [-0.1, -0.05) is 56.2 Å². The van der Waals surface area contributed by atoms with Gasteiger partial charge in [-0.05, 0) is 17.9 Å². The molecule has 3 aromatic rings. The Kier molecular flexibility index (Phi) is 11.2. The van der Waals surface area contributed by atoms with Gasteiger partial charge in [-0.25, -0.2) is 8.78 Å². The zero-order chi connectivity index (χ0) is 31.7. The zero-order valence-corrected chi connectivity index (χ0v) is 22.7. The second kappa shape index (κ2) is 14.8. The number of Topliss-reactive ketones (excluding diaryl/α,β-unsaturated/α-hetero) is 1. The molecule has 0 saturated heterocycles. The number of nitrogens with one attached hydrogen (secondary N) is 3. The molecule has 0 spiro atoms. The number of anilines is 1. The Hall–Kier alpha value is -5.01. The van der Waals surface area contributed by atoms with Crippen LogP contribution in [0.3, 0.4) is 0 Å². The number of hydrogen-bond acceptors (Lipinski definition) is 6. The minimum atomic E-state index is -1.92. The summed E-state index contributed by atoms with van der Waals surface area (Å²) in [5.74, 6) is -15.1. The molecule has 0 aromatic heterocycles. The van der Waals surface area contributed by atoms with Gasteiger partial charge in [0.2, 0.25) is 17.5 Å². The fraction of sp³-hybridized carbons (Fsp3) is 0.276. The Balaban J connectivity index is 1.71. The first-order valence-electron chi connectivity index (χ1n) is 13.0. The summed E-state index contributed by atoms with van der Waals surface area (Å²) in [4.78, 5) is 62.5. The molecular weight excluding hydrogens is 578 g/mol. The molecule has 14 heteroatoms. The normalized spacial score (nSPS) is 12.2. The molecule has 0 aliphatic carbocycles. The third-order valence-electron chi connectivity index (χ3n) is 6.23. The number of rotatable bonds is 13. The molecule has 10 nitrogen and oxygen atoms in total. The Morgan fingerprint density at radius 2 is 1.51 bits per heavy atom. The van der Waals surface area contributed by atoms with Gasteiger partial charge in [-0.15, -0.1) is 0 Å². The number of amides is 3. The number of carbonyl (C=O) groups excluding carboxylic acids is 4. The summed E-state index contributed by atoms with van der Waals surface area (Å²) in [6, 6.07) is 8.84. The van der Waals surface area contributed by atoms with Gasteiger partial charge in [-0.3, -0.25) is 24.0 Å². The van der Waals surface area contributed by atoms with E-state index in [2.05, 4.69) is 20.7 Å². The molecule has 1 unspecified atom stereocenters. The van der Waals surface area contributed by atoms with E-state index < -0.39 is 83.6 Å². The first-order chi connectivity index (χ1) is 20.4. The van der Waals surface area contributed by atoms with Crippen LogP contribution >= 0.6 is 0 Å². The largest absolute Gasteiger partial charge is 0.481 e. The van der Waals surface area contributed by atoms with Crippen LogP contribution in [-0.4, -0.2) is 53.3 Å². The predicted molar refractivity (Wildman–Crippen MR) is 145 cm³/mol. The Morgan fingerprint density at radius 1 is 0.860 bits per heavy atom. The maximum atomic E-state index is 13.9. The summed E-state index contributed by atoms with van der Waals surface area (Å²) < 4.78 is 59.3. The van der Waals surface area contributed by atoms with E-state index in [1.54, 1.807) is 49.4 Å². The first kappa shape index (κ1) is 32.5. The minimum Gasteiger partial charge on any atom is -0.481 e. The molecule has 3 rings (SSSR count). The van der Waals surface area contributed by atoms with Crippen LogP contribution in [0.15, 0.2) is 48.5 Å². The van der Waals surface area contributed by atoms with E-state index >= 15 is 0 Å². The number of benzene rings is 3.